The minimum atomic E-state index is -0.130. The SMILES string of the molecule is c1ccc(CO[C@@H]2CO[C@H]3[C@@H]2OC[C@H]3Oc2ccc3[nH]ncc3c2)cc1. The largest absolute Gasteiger partial charge is 0.485 e. The number of hydrogen-bond acceptors (Lipinski definition) is 5. The van der Waals surface area contributed by atoms with Crippen molar-refractivity contribution < 1.29 is 18.9 Å². The van der Waals surface area contributed by atoms with Crippen molar-refractivity contribution in [1.29, 1.82) is 0 Å². The standard InChI is InChI=1S/C20H20N2O4/c1-2-4-13(5-3-1)10-23-17-11-24-20-18(12-25-19(17)20)26-15-6-7-16-14(8-15)9-21-22-16/h1-9,17-20H,10-12H2,(H,21,22)/t17-,18-,19-,20-/m1/s1. The molecule has 1 aromatic heterocycles. The molecule has 2 fully saturated rings. The highest BCUT2D eigenvalue weighted by molar-refractivity contribution is 5.79. The van der Waals surface area contributed by atoms with Gasteiger partial charge in [0, 0.05) is 5.39 Å². The lowest BCUT2D eigenvalue weighted by Crippen LogP contribution is -2.35. The lowest BCUT2D eigenvalue weighted by molar-refractivity contribution is -0.0425. The molecule has 2 aromatic carbocycles. The highest BCUT2D eigenvalue weighted by atomic mass is 16.6. The molecule has 4 atom stereocenters. The number of rotatable bonds is 5. The van der Waals surface area contributed by atoms with E-state index in [1.807, 2.05) is 36.4 Å². The van der Waals surface area contributed by atoms with Gasteiger partial charge in [0.25, 0.3) is 0 Å². The second-order valence-electron chi connectivity index (χ2n) is 6.71. The highest BCUT2D eigenvalue weighted by Crippen LogP contribution is 2.32. The van der Waals surface area contributed by atoms with Gasteiger partial charge >= 0.3 is 0 Å². The summed E-state index contributed by atoms with van der Waals surface area (Å²) in [5.74, 6) is 0.797. The zero-order valence-electron chi connectivity index (χ0n) is 14.2. The molecule has 0 saturated carbocycles. The molecule has 0 unspecified atom stereocenters. The fourth-order valence-corrected chi connectivity index (χ4v) is 3.62. The minimum Gasteiger partial charge on any atom is -0.485 e. The fraction of sp³-hybridized carbons (Fsp3) is 0.350. The lowest BCUT2D eigenvalue weighted by Gasteiger charge is -2.18. The van der Waals surface area contributed by atoms with E-state index in [0.717, 1.165) is 22.2 Å². The van der Waals surface area contributed by atoms with Gasteiger partial charge in [-0.1, -0.05) is 30.3 Å². The van der Waals surface area contributed by atoms with Gasteiger partial charge in [-0.15, -0.1) is 0 Å². The van der Waals surface area contributed by atoms with Crippen LogP contribution in [0.3, 0.4) is 0 Å². The topological polar surface area (TPSA) is 65.6 Å². The quantitative estimate of drug-likeness (QED) is 0.765. The van der Waals surface area contributed by atoms with Gasteiger partial charge in [0.05, 0.1) is 31.5 Å². The van der Waals surface area contributed by atoms with Gasteiger partial charge in [-0.05, 0) is 23.8 Å². The number of benzene rings is 2. The van der Waals surface area contributed by atoms with Crippen molar-refractivity contribution in [2.24, 2.45) is 0 Å². The predicted molar refractivity (Wildman–Crippen MR) is 95.0 cm³/mol. The van der Waals surface area contributed by atoms with E-state index in [-0.39, 0.29) is 24.4 Å². The number of hydrogen-bond donors (Lipinski definition) is 1. The van der Waals surface area contributed by atoms with Crippen molar-refractivity contribution in [2.75, 3.05) is 13.2 Å². The molecule has 134 valence electrons. The second-order valence-corrected chi connectivity index (χ2v) is 6.71. The molecular weight excluding hydrogens is 332 g/mol. The van der Waals surface area contributed by atoms with Crippen LogP contribution in [0.25, 0.3) is 10.9 Å². The number of nitrogens with one attached hydrogen (secondary N) is 1. The molecule has 2 saturated heterocycles. The maximum absolute atomic E-state index is 6.13. The average Bonchev–Trinajstić information content (AvgIpc) is 3.38. The number of nitrogens with zero attached hydrogens (tertiary/aromatic N) is 1. The summed E-state index contributed by atoms with van der Waals surface area (Å²) in [5.41, 5.74) is 2.14. The van der Waals surface area contributed by atoms with Crippen molar-refractivity contribution in [3.05, 3.63) is 60.3 Å². The predicted octanol–water partition coefficient (Wildman–Crippen LogP) is 2.69. The first-order valence-corrected chi connectivity index (χ1v) is 8.85. The first-order chi connectivity index (χ1) is 12.9. The third-order valence-corrected chi connectivity index (χ3v) is 4.97. The Hall–Kier alpha value is -2.41. The monoisotopic (exact) mass is 352 g/mol. The number of H-pyrrole nitrogens is 1. The Labute approximate surface area is 151 Å². The summed E-state index contributed by atoms with van der Waals surface area (Å²) in [5, 5.41) is 8.00. The summed E-state index contributed by atoms with van der Waals surface area (Å²) < 4.78 is 24.0. The van der Waals surface area contributed by atoms with Gasteiger partial charge in [-0.25, -0.2) is 0 Å². The molecule has 3 aromatic rings. The van der Waals surface area contributed by atoms with E-state index in [2.05, 4.69) is 22.3 Å². The first kappa shape index (κ1) is 15.8. The van der Waals surface area contributed by atoms with E-state index >= 15 is 0 Å². The zero-order valence-corrected chi connectivity index (χ0v) is 14.2. The maximum atomic E-state index is 6.13. The van der Waals surface area contributed by atoms with Crippen LogP contribution in [0.15, 0.2) is 54.7 Å². The summed E-state index contributed by atoms with van der Waals surface area (Å²) in [6.45, 7) is 1.59. The van der Waals surface area contributed by atoms with Crippen LogP contribution in [0.5, 0.6) is 5.75 Å². The van der Waals surface area contributed by atoms with Crippen molar-refractivity contribution in [3.8, 4) is 5.75 Å². The van der Waals surface area contributed by atoms with Crippen LogP contribution < -0.4 is 4.74 Å². The highest BCUT2D eigenvalue weighted by Gasteiger charge is 2.49. The Morgan fingerprint density at radius 3 is 2.69 bits per heavy atom. The molecule has 0 aliphatic carbocycles. The molecule has 26 heavy (non-hydrogen) atoms. The molecule has 5 rings (SSSR count). The number of aromatic nitrogens is 2. The van der Waals surface area contributed by atoms with E-state index in [4.69, 9.17) is 18.9 Å². The van der Waals surface area contributed by atoms with Gasteiger partial charge < -0.3 is 18.9 Å². The van der Waals surface area contributed by atoms with Crippen LogP contribution in [0.4, 0.5) is 0 Å². The van der Waals surface area contributed by atoms with Crippen LogP contribution in [0.1, 0.15) is 5.56 Å². The fourth-order valence-electron chi connectivity index (χ4n) is 3.62. The first-order valence-electron chi connectivity index (χ1n) is 8.85. The zero-order chi connectivity index (χ0) is 17.3. The Morgan fingerprint density at radius 1 is 1.00 bits per heavy atom. The van der Waals surface area contributed by atoms with Gasteiger partial charge in [-0.3, -0.25) is 5.10 Å². The molecule has 2 aliphatic rings. The van der Waals surface area contributed by atoms with Crippen molar-refractivity contribution >= 4 is 10.9 Å². The van der Waals surface area contributed by atoms with Crippen LogP contribution >= 0.6 is 0 Å². The summed E-state index contributed by atoms with van der Waals surface area (Å²) in [7, 11) is 0. The average molecular weight is 352 g/mol. The molecule has 0 amide bonds. The molecular formula is C20H20N2O4. The van der Waals surface area contributed by atoms with Gasteiger partial charge in [0.15, 0.2) is 6.10 Å². The third kappa shape index (κ3) is 2.96. The van der Waals surface area contributed by atoms with E-state index in [9.17, 15) is 0 Å². The third-order valence-electron chi connectivity index (χ3n) is 4.97. The Kier molecular flexibility index (Phi) is 4.09. The Bertz CT molecular complexity index is 882. The molecule has 6 heteroatoms. The van der Waals surface area contributed by atoms with Crippen molar-refractivity contribution in [3.63, 3.8) is 0 Å². The van der Waals surface area contributed by atoms with Gasteiger partial charge in [0.1, 0.15) is 24.1 Å². The van der Waals surface area contributed by atoms with Crippen LogP contribution in [-0.2, 0) is 20.8 Å². The maximum Gasteiger partial charge on any atom is 0.151 e. The molecule has 6 nitrogen and oxygen atoms in total. The molecule has 0 bridgehead atoms. The van der Waals surface area contributed by atoms with Crippen LogP contribution in [-0.4, -0.2) is 47.8 Å². The summed E-state index contributed by atoms with van der Waals surface area (Å²) >= 11 is 0. The Morgan fingerprint density at radius 2 is 1.81 bits per heavy atom. The normalized spacial score (nSPS) is 27.7. The summed E-state index contributed by atoms with van der Waals surface area (Å²) in [6, 6.07) is 16.0. The number of ether oxygens (including phenoxy) is 4. The van der Waals surface area contributed by atoms with Crippen molar-refractivity contribution in [2.45, 2.75) is 31.0 Å². The van der Waals surface area contributed by atoms with Crippen molar-refractivity contribution in [1.82, 2.24) is 10.2 Å². The van der Waals surface area contributed by atoms with E-state index < -0.39 is 0 Å². The van der Waals surface area contributed by atoms with E-state index in [0.29, 0.717) is 19.8 Å². The van der Waals surface area contributed by atoms with Crippen LogP contribution in [0.2, 0.25) is 0 Å². The second kappa shape index (κ2) is 6.72. The van der Waals surface area contributed by atoms with Gasteiger partial charge in [0.2, 0.25) is 0 Å². The minimum absolute atomic E-state index is 0.0647. The Balaban J connectivity index is 1.22. The lowest BCUT2D eigenvalue weighted by atomic mass is 10.1. The van der Waals surface area contributed by atoms with E-state index in [1.165, 1.54) is 0 Å². The molecule has 0 radical (unpaired) electrons. The van der Waals surface area contributed by atoms with E-state index in [1.54, 1.807) is 6.20 Å². The molecule has 1 N–H and O–H groups in total. The molecule has 2 aliphatic heterocycles. The number of fused-ring (bicyclic) bond motifs is 2. The number of aromatic amines is 1. The summed E-state index contributed by atoms with van der Waals surface area (Å²) in [6.07, 6.45) is 1.41. The summed E-state index contributed by atoms with van der Waals surface area (Å²) in [4.78, 5) is 0. The molecule has 3 heterocycles. The van der Waals surface area contributed by atoms with Crippen LogP contribution in [0, 0.1) is 0 Å². The smallest absolute Gasteiger partial charge is 0.151 e. The van der Waals surface area contributed by atoms with Gasteiger partial charge in [-0.2, -0.15) is 5.10 Å². The molecule has 0 spiro atoms.